The molecule has 1 aliphatic rings. The summed E-state index contributed by atoms with van der Waals surface area (Å²) < 4.78 is 4.98. The molecule has 7 heteroatoms. The minimum Gasteiger partial charge on any atom is -0.368 e. The lowest BCUT2D eigenvalue weighted by atomic mass is 10.1. The summed E-state index contributed by atoms with van der Waals surface area (Å²) in [7, 11) is 0. The van der Waals surface area contributed by atoms with E-state index in [-0.39, 0.29) is 11.7 Å². The Labute approximate surface area is 135 Å². The van der Waals surface area contributed by atoms with Crippen LogP contribution in [0.5, 0.6) is 0 Å². The number of carbonyl (C=O) groups is 1. The quantitative estimate of drug-likeness (QED) is 0.930. The van der Waals surface area contributed by atoms with Crippen LogP contribution in [0, 0.1) is 6.92 Å². The summed E-state index contributed by atoms with van der Waals surface area (Å²) in [5.74, 6) is 1.79. The van der Waals surface area contributed by atoms with Gasteiger partial charge in [-0.15, -0.1) is 0 Å². The average Bonchev–Trinajstić information content (AvgIpc) is 2.93. The fourth-order valence-electron chi connectivity index (χ4n) is 2.80. The van der Waals surface area contributed by atoms with Crippen molar-refractivity contribution in [3.8, 4) is 0 Å². The Balaban J connectivity index is 1.83. The summed E-state index contributed by atoms with van der Waals surface area (Å²) in [5.41, 5.74) is 2.13. The van der Waals surface area contributed by atoms with Gasteiger partial charge in [0.1, 0.15) is 11.6 Å². The van der Waals surface area contributed by atoms with Gasteiger partial charge in [0.2, 0.25) is 5.76 Å². The molecular weight excluding hydrogens is 294 g/mol. The zero-order valence-electron chi connectivity index (χ0n) is 13.7. The molecule has 0 unspecified atom stereocenters. The Morgan fingerprint density at radius 1 is 1.30 bits per heavy atom. The number of rotatable bonds is 3. The molecule has 0 radical (unpaired) electrons. The first kappa shape index (κ1) is 15.5. The summed E-state index contributed by atoms with van der Waals surface area (Å²) in [5, 5.41) is 6.99. The molecule has 0 saturated heterocycles. The first-order valence-electron chi connectivity index (χ1n) is 7.87. The highest BCUT2D eigenvalue weighted by Gasteiger charge is 2.24. The third-order valence-electron chi connectivity index (χ3n) is 3.82. The summed E-state index contributed by atoms with van der Waals surface area (Å²) in [6.45, 7) is 7.30. The Morgan fingerprint density at radius 2 is 2.09 bits per heavy atom. The number of nitrogens with one attached hydrogen (secondary N) is 1. The van der Waals surface area contributed by atoms with Crippen molar-refractivity contribution in [3.63, 3.8) is 0 Å². The van der Waals surface area contributed by atoms with E-state index < -0.39 is 0 Å². The highest BCUT2D eigenvalue weighted by atomic mass is 16.5. The SMILES string of the molecule is Cc1nc2c(c(NC(C)C)n1)CCN(C(=O)c1ccno1)CC2. The van der Waals surface area contributed by atoms with Crippen molar-refractivity contribution in [2.75, 3.05) is 18.4 Å². The van der Waals surface area contributed by atoms with Crippen LogP contribution >= 0.6 is 0 Å². The summed E-state index contributed by atoms with van der Waals surface area (Å²) in [4.78, 5) is 23.3. The Morgan fingerprint density at radius 3 is 2.78 bits per heavy atom. The van der Waals surface area contributed by atoms with Crippen LogP contribution in [0.4, 0.5) is 5.82 Å². The minimum atomic E-state index is -0.127. The monoisotopic (exact) mass is 315 g/mol. The number of hydrogen-bond acceptors (Lipinski definition) is 6. The fourth-order valence-corrected chi connectivity index (χ4v) is 2.80. The van der Waals surface area contributed by atoms with Crippen molar-refractivity contribution in [1.82, 2.24) is 20.0 Å². The van der Waals surface area contributed by atoms with E-state index >= 15 is 0 Å². The first-order valence-corrected chi connectivity index (χ1v) is 7.87. The van der Waals surface area contributed by atoms with Crippen LogP contribution in [-0.2, 0) is 12.8 Å². The third-order valence-corrected chi connectivity index (χ3v) is 3.82. The van der Waals surface area contributed by atoms with Crippen LogP contribution in [0.15, 0.2) is 16.8 Å². The number of carbonyl (C=O) groups excluding carboxylic acids is 1. The van der Waals surface area contributed by atoms with Gasteiger partial charge in [0.25, 0.3) is 5.91 Å². The lowest BCUT2D eigenvalue weighted by Crippen LogP contribution is -2.33. The highest BCUT2D eigenvalue weighted by Crippen LogP contribution is 2.23. The van der Waals surface area contributed by atoms with E-state index in [0.717, 1.165) is 29.3 Å². The maximum atomic E-state index is 12.4. The van der Waals surface area contributed by atoms with Gasteiger partial charge in [-0.05, 0) is 27.2 Å². The van der Waals surface area contributed by atoms with E-state index in [4.69, 9.17) is 4.52 Å². The molecule has 23 heavy (non-hydrogen) atoms. The minimum absolute atomic E-state index is 0.127. The van der Waals surface area contributed by atoms with Gasteiger partial charge in [-0.2, -0.15) is 0 Å². The Kier molecular flexibility index (Phi) is 4.27. The molecule has 0 saturated carbocycles. The Bertz CT molecular complexity index is 697. The van der Waals surface area contributed by atoms with Crippen molar-refractivity contribution in [3.05, 3.63) is 35.1 Å². The summed E-state index contributed by atoms with van der Waals surface area (Å²) in [6.07, 6.45) is 2.93. The number of hydrogen-bond donors (Lipinski definition) is 1. The normalized spacial score (nSPS) is 14.5. The molecule has 0 atom stereocenters. The highest BCUT2D eigenvalue weighted by molar-refractivity contribution is 5.91. The van der Waals surface area contributed by atoms with Gasteiger partial charge in [0.15, 0.2) is 0 Å². The van der Waals surface area contributed by atoms with Crippen LogP contribution in [0.2, 0.25) is 0 Å². The van der Waals surface area contributed by atoms with E-state index in [2.05, 4.69) is 34.3 Å². The van der Waals surface area contributed by atoms with Gasteiger partial charge in [-0.1, -0.05) is 5.16 Å². The molecule has 3 rings (SSSR count). The standard InChI is InChI=1S/C16H21N5O2/c1-10(2)18-15-12-5-8-21(16(22)14-4-7-17-23-14)9-6-13(12)19-11(3)20-15/h4,7,10H,5-6,8-9H2,1-3H3,(H,18,19,20). The smallest absolute Gasteiger partial charge is 0.292 e. The molecule has 1 aliphatic heterocycles. The number of aryl methyl sites for hydroxylation is 1. The topological polar surface area (TPSA) is 84.2 Å². The van der Waals surface area contributed by atoms with Crippen LogP contribution < -0.4 is 5.32 Å². The molecule has 0 spiro atoms. The largest absolute Gasteiger partial charge is 0.368 e. The number of anilines is 1. The third kappa shape index (κ3) is 3.33. The van der Waals surface area contributed by atoms with Crippen LogP contribution in [0.3, 0.4) is 0 Å². The van der Waals surface area contributed by atoms with Gasteiger partial charge in [-0.25, -0.2) is 9.97 Å². The van der Waals surface area contributed by atoms with Gasteiger partial charge in [-0.3, -0.25) is 4.79 Å². The number of nitrogens with zero attached hydrogens (tertiary/aromatic N) is 4. The number of amides is 1. The van der Waals surface area contributed by atoms with Crippen molar-refractivity contribution < 1.29 is 9.32 Å². The van der Waals surface area contributed by atoms with E-state index in [0.29, 0.717) is 25.6 Å². The van der Waals surface area contributed by atoms with Gasteiger partial charge in [0, 0.05) is 37.2 Å². The molecule has 2 aromatic rings. The summed E-state index contributed by atoms with van der Waals surface area (Å²) >= 11 is 0. The van der Waals surface area contributed by atoms with Gasteiger partial charge in [0.05, 0.1) is 11.9 Å². The molecule has 1 N–H and O–H groups in total. The first-order chi connectivity index (χ1) is 11.0. The fraction of sp³-hybridized carbons (Fsp3) is 0.500. The van der Waals surface area contributed by atoms with Crippen molar-refractivity contribution in [1.29, 1.82) is 0 Å². The van der Waals surface area contributed by atoms with Crippen molar-refractivity contribution in [2.24, 2.45) is 0 Å². The maximum absolute atomic E-state index is 12.4. The van der Waals surface area contributed by atoms with E-state index in [1.54, 1.807) is 11.0 Å². The van der Waals surface area contributed by atoms with Crippen LogP contribution in [0.1, 0.15) is 41.5 Å². The summed E-state index contributed by atoms with van der Waals surface area (Å²) in [6, 6.07) is 1.89. The second-order valence-electron chi connectivity index (χ2n) is 6.01. The molecule has 122 valence electrons. The zero-order valence-corrected chi connectivity index (χ0v) is 13.7. The molecular formula is C16H21N5O2. The molecule has 0 bridgehead atoms. The Hall–Kier alpha value is -2.44. The average molecular weight is 315 g/mol. The molecule has 3 heterocycles. The number of fused-ring (bicyclic) bond motifs is 1. The molecule has 1 amide bonds. The lowest BCUT2D eigenvalue weighted by molar-refractivity contribution is 0.0721. The predicted octanol–water partition coefficient (Wildman–Crippen LogP) is 1.83. The van der Waals surface area contributed by atoms with Gasteiger partial charge >= 0.3 is 0 Å². The van der Waals surface area contributed by atoms with Crippen LogP contribution in [0.25, 0.3) is 0 Å². The molecule has 0 fully saturated rings. The predicted molar refractivity (Wildman–Crippen MR) is 85.3 cm³/mol. The maximum Gasteiger partial charge on any atom is 0.292 e. The molecule has 0 aliphatic carbocycles. The van der Waals surface area contributed by atoms with Crippen molar-refractivity contribution >= 4 is 11.7 Å². The molecule has 0 aromatic carbocycles. The lowest BCUT2D eigenvalue weighted by Gasteiger charge is -2.18. The van der Waals surface area contributed by atoms with E-state index in [9.17, 15) is 4.79 Å². The number of aromatic nitrogens is 3. The molecule has 2 aromatic heterocycles. The van der Waals surface area contributed by atoms with Gasteiger partial charge < -0.3 is 14.7 Å². The van der Waals surface area contributed by atoms with Crippen molar-refractivity contribution in [2.45, 2.75) is 39.7 Å². The second kappa shape index (κ2) is 6.36. The zero-order chi connectivity index (χ0) is 16.4. The molecule has 7 nitrogen and oxygen atoms in total. The van der Waals surface area contributed by atoms with E-state index in [1.807, 2.05) is 6.92 Å². The second-order valence-corrected chi connectivity index (χ2v) is 6.01. The van der Waals surface area contributed by atoms with E-state index in [1.165, 1.54) is 6.20 Å². The van der Waals surface area contributed by atoms with Crippen LogP contribution in [-0.4, -0.2) is 45.1 Å².